The van der Waals surface area contributed by atoms with E-state index in [1.54, 1.807) is 36.4 Å². The molecule has 1 aliphatic heterocycles. The Labute approximate surface area is 193 Å². The zero-order valence-electron chi connectivity index (χ0n) is 16.8. The van der Waals surface area contributed by atoms with E-state index < -0.39 is 23.5 Å². The lowest BCUT2D eigenvalue weighted by Crippen LogP contribution is -2.29. The monoisotopic (exact) mass is 469 g/mol. The minimum Gasteiger partial charge on any atom is -0.507 e. The molecule has 0 aliphatic carbocycles. The maximum Gasteiger partial charge on any atom is 0.300 e. The molecule has 32 heavy (non-hydrogen) atoms. The number of carbonyl (C=O) groups excluding carboxylic acids is 2. The molecule has 0 saturated carbocycles. The van der Waals surface area contributed by atoms with Gasteiger partial charge in [0.05, 0.1) is 34.5 Å². The summed E-state index contributed by atoms with van der Waals surface area (Å²) in [6.07, 6.45) is 0. The van der Waals surface area contributed by atoms with Crippen molar-refractivity contribution < 1.29 is 24.5 Å². The molecule has 1 amide bonds. The summed E-state index contributed by atoms with van der Waals surface area (Å²) in [6.45, 7) is 0. The van der Waals surface area contributed by atoms with Gasteiger partial charge >= 0.3 is 0 Å². The van der Waals surface area contributed by atoms with Crippen LogP contribution in [0.15, 0.2) is 72.3 Å². The van der Waals surface area contributed by atoms with E-state index in [4.69, 9.17) is 27.9 Å². The third-order valence-corrected chi connectivity index (χ3v) is 5.93. The molecule has 0 aromatic heterocycles. The highest BCUT2D eigenvalue weighted by atomic mass is 35.5. The number of hydrogen-bond donors (Lipinski definition) is 2. The number of anilines is 1. The molecule has 8 heteroatoms. The van der Waals surface area contributed by atoms with Crippen LogP contribution in [0.2, 0.25) is 10.0 Å². The SMILES string of the molecule is COc1cccc(C2/C(=C(/O)c3ccc(Cl)c(Cl)c3)C(=O)C(=O)N2c2ccccc2O)c1. The molecular formula is C24H17Cl2NO5. The minimum absolute atomic E-state index is 0.135. The lowest BCUT2D eigenvalue weighted by atomic mass is 9.95. The molecular weight excluding hydrogens is 453 g/mol. The second-order valence-electron chi connectivity index (χ2n) is 7.06. The summed E-state index contributed by atoms with van der Waals surface area (Å²) < 4.78 is 5.29. The second kappa shape index (κ2) is 8.57. The Kier molecular flexibility index (Phi) is 5.82. The fraction of sp³-hybridized carbons (Fsp3) is 0.0833. The van der Waals surface area contributed by atoms with E-state index in [9.17, 15) is 19.8 Å². The van der Waals surface area contributed by atoms with Crippen molar-refractivity contribution in [2.24, 2.45) is 0 Å². The number of carbonyl (C=O) groups is 2. The predicted molar refractivity (Wildman–Crippen MR) is 122 cm³/mol. The molecule has 1 saturated heterocycles. The molecule has 2 N–H and O–H groups in total. The summed E-state index contributed by atoms with van der Waals surface area (Å²) >= 11 is 12.1. The number of benzene rings is 3. The van der Waals surface area contributed by atoms with Crippen LogP contribution in [0.25, 0.3) is 5.76 Å². The molecule has 0 spiro atoms. The molecule has 1 unspecified atom stereocenters. The van der Waals surface area contributed by atoms with Crippen molar-refractivity contribution in [1.82, 2.24) is 0 Å². The number of Topliss-reactive ketones (excluding diaryl/α,β-unsaturated/α-hetero) is 1. The van der Waals surface area contributed by atoms with E-state index in [0.29, 0.717) is 11.3 Å². The first kappa shape index (κ1) is 21.7. The van der Waals surface area contributed by atoms with Crippen LogP contribution in [0.3, 0.4) is 0 Å². The third-order valence-electron chi connectivity index (χ3n) is 5.19. The van der Waals surface area contributed by atoms with Crippen molar-refractivity contribution in [2.75, 3.05) is 12.0 Å². The highest BCUT2D eigenvalue weighted by Gasteiger charge is 2.47. The zero-order chi connectivity index (χ0) is 23.0. The molecule has 1 heterocycles. The third kappa shape index (κ3) is 3.68. The Hall–Kier alpha value is -3.48. The van der Waals surface area contributed by atoms with E-state index in [1.165, 1.54) is 37.4 Å². The number of aliphatic hydroxyl groups is 1. The summed E-state index contributed by atoms with van der Waals surface area (Å²) in [7, 11) is 1.49. The highest BCUT2D eigenvalue weighted by Crippen LogP contribution is 2.45. The van der Waals surface area contributed by atoms with Crippen molar-refractivity contribution in [2.45, 2.75) is 6.04 Å². The van der Waals surface area contributed by atoms with Crippen LogP contribution in [-0.4, -0.2) is 29.0 Å². The number of para-hydroxylation sites is 2. The average molecular weight is 470 g/mol. The number of methoxy groups -OCH3 is 1. The Balaban J connectivity index is 1.99. The van der Waals surface area contributed by atoms with Crippen LogP contribution in [0.5, 0.6) is 11.5 Å². The fourth-order valence-electron chi connectivity index (χ4n) is 3.67. The van der Waals surface area contributed by atoms with Gasteiger partial charge in [0.15, 0.2) is 0 Å². The zero-order valence-corrected chi connectivity index (χ0v) is 18.3. The number of ketones is 1. The fourth-order valence-corrected chi connectivity index (χ4v) is 3.97. The molecule has 1 atom stereocenters. The van der Waals surface area contributed by atoms with Crippen molar-refractivity contribution in [3.05, 3.63) is 93.5 Å². The van der Waals surface area contributed by atoms with Crippen LogP contribution in [0.4, 0.5) is 5.69 Å². The topological polar surface area (TPSA) is 87.1 Å². The number of aliphatic hydroxyl groups excluding tert-OH is 1. The Bertz CT molecular complexity index is 1270. The first-order chi connectivity index (χ1) is 15.3. The number of nitrogens with zero attached hydrogens (tertiary/aromatic N) is 1. The standard InChI is InChI=1S/C24H17Cl2NO5/c1-32-15-6-4-5-13(11-15)21-20(22(29)14-9-10-16(25)17(26)12-14)23(30)24(31)27(21)18-7-2-3-8-19(18)28/h2-12,21,28-29H,1H3/b22-20-. The van der Waals surface area contributed by atoms with Gasteiger partial charge in [-0.2, -0.15) is 0 Å². The number of hydrogen-bond acceptors (Lipinski definition) is 5. The number of phenolic OH excluding ortho intramolecular Hbond substituents is 1. The van der Waals surface area contributed by atoms with Gasteiger partial charge in [0.2, 0.25) is 0 Å². The summed E-state index contributed by atoms with van der Waals surface area (Å²) in [5.41, 5.74) is 0.719. The molecule has 0 radical (unpaired) electrons. The lowest BCUT2D eigenvalue weighted by Gasteiger charge is -2.26. The van der Waals surface area contributed by atoms with Crippen LogP contribution in [0, 0.1) is 0 Å². The van der Waals surface area contributed by atoms with Crippen molar-refractivity contribution in [3.8, 4) is 11.5 Å². The highest BCUT2D eigenvalue weighted by molar-refractivity contribution is 6.52. The second-order valence-corrected chi connectivity index (χ2v) is 7.88. The minimum atomic E-state index is -1.02. The number of ether oxygens (including phenoxy) is 1. The number of amides is 1. The summed E-state index contributed by atoms with van der Waals surface area (Å²) in [5.74, 6) is -1.88. The lowest BCUT2D eigenvalue weighted by molar-refractivity contribution is -0.132. The Morgan fingerprint density at radius 2 is 1.72 bits per heavy atom. The van der Waals surface area contributed by atoms with E-state index in [0.717, 1.165) is 4.90 Å². The van der Waals surface area contributed by atoms with Gasteiger partial charge in [0.25, 0.3) is 11.7 Å². The van der Waals surface area contributed by atoms with Crippen molar-refractivity contribution in [1.29, 1.82) is 0 Å². The number of phenols is 1. The van der Waals surface area contributed by atoms with Gasteiger partial charge in [-0.3, -0.25) is 14.5 Å². The van der Waals surface area contributed by atoms with Gasteiger partial charge in [-0.1, -0.05) is 47.5 Å². The molecule has 3 aromatic rings. The molecule has 1 fully saturated rings. The quantitative estimate of drug-likeness (QED) is 0.306. The first-order valence-corrected chi connectivity index (χ1v) is 10.3. The first-order valence-electron chi connectivity index (χ1n) is 9.52. The smallest absolute Gasteiger partial charge is 0.300 e. The maximum atomic E-state index is 13.1. The number of rotatable bonds is 4. The van der Waals surface area contributed by atoms with E-state index >= 15 is 0 Å². The van der Waals surface area contributed by atoms with Gasteiger partial charge in [0, 0.05) is 5.56 Å². The van der Waals surface area contributed by atoms with E-state index in [2.05, 4.69) is 0 Å². The van der Waals surface area contributed by atoms with Crippen LogP contribution in [0.1, 0.15) is 17.2 Å². The van der Waals surface area contributed by atoms with E-state index in [-0.39, 0.29) is 32.6 Å². The number of aromatic hydroxyl groups is 1. The molecule has 1 aliphatic rings. The van der Waals surface area contributed by atoms with Gasteiger partial charge in [-0.05, 0) is 48.0 Å². The van der Waals surface area contributed by atoms with Crippen molar-refractivity contribution >= 4 is 46.3 Å². The van der Waals surface area contributed by atoms with Crippen LogP contribution >= 0.6 is 23.2 Å². The average Bonchev–Trinajstić information content (AvgIpc) is 3.06. The Morgan fingerprint density at radius 1 is 0.969 bits per heavy atom. The van der Waals surface area contributed by atoms with Crippen LogP contribution < -0.4 is 9.64 Å². The van der Waals surface area contributed by atoms with Gasteiger partial charge in [0.1, 0.15) is 17.3 Å². The molecule has 4 rings (SSSR count). The van der Waals surface area contributed by atoms with Gasteiger partial charge in [-0.15, -0.1) is 0 Å². The van der Waals surface area contributed by atoms with E-state index in [1.807, 2.05) is 0 Å². The molecule has 162 valence electrons. The van der Waals surface area contributed by atoms with Crippen molar-refractivity contribution in [3.63, 3.8) is 0 Å². The Morgan fingerprint density at radius 3 is 2.41 bits per heavy atom. The summed E-state index contributed by atoms with van der Waals surface area (Å²) in [5, 5.41) is 22.0. The van der Waals surface area contributed by atoms with Gasteiger partial charge in [-0.25, -0.2) is 0 Å². The largest absolute Gasteiger partial charge is 0.507 e. The summed E-state index contributed by atoms with van der Waals surface area (Å²) in [4.78, 5) is 27.4. The van der Waals surface area contributed by atoms with Gasteiger partial charge < -0.3 is 14.9 Å². The molecule has 0 bridgehead atoms. The normalized spacial score (nSPS) is 17.6. The molecule has 6 nitrogen and oxygen atoms in total. The number of halogens is 2. The van der Waals surface area contributed by atoms with Crippen LogP contribution in [-0.2, 0) is 9.59 Å². The predicted octanol–water partition coefficient (Wildman–Crippen LogP) is 5.33. The maximum absolute atomic E-state index is 13.1. The molecule has 3 aromatic carbocycles. The summed E-state index contributed by atoms with van der Waals surface area (Å²) in [6, 6.07) is 16.3.